The number of thioether (sulfide) groups is 1. The standard InChI is InChI=1S/C12H15BrF3N3OS/c1-2-3-17-10-9(6-8(13)7-19-10)11(20)18-4-5-21-12(14,15)16/h6-7H,2-5H2,1H3,(H,17,19)(H,18,20). The summed E-state index contributed by atoms with van der Waals surface area (Å²) in [6, 6.07) is 1.58. The van der Waals surface area contributed by atoms with Crippen molar-refractivity contribution in [3.63, 3.8) is 0 Å². The molecule has 0 radical (unpaired) electrons. The lowest BCUT2D eigenvalue weighted by molar-refractivity contribution is -0.0327. The number of alkyl halides is 3. The van der Waals surface area contributed by atoms with Crippen LogP contribution in [-0.4, -0.2) is 35.2 Å². The fourth-order valence-electron chi connectivity index (χ4n) is 1.42. The average molecular weight is 386 g/mol. The summed E-state index contributed by atoms with van der Waals surface area (Å²) in [5.41, 5.74) is -3.98. The minimum Gasteiger partial charge on any atom is -0.369 e. The Balaban J connectivity index is 2.61. The number of carbonyl (C=O) groups excluding carboxylic acids is 1. The molecule has 0 bridgehead atoms. The van der Waals surface area contributed by atoms with Gasteiger partial charge in [-0.2, -0.15) is 13.2 Å². The van der Waals surface area contributed by atoms with Crippen molar-refractivity contribution < 1.29 is 18.0 Å². The van der Waals surface area contributed by atoms with Gasteiger partial charge in [0.15, 0.2) is 0 Å². The third-order valence-electron chi connectivity index (χ3n) is 2.29. The number of hydrogen-bond donors (Lipinski definition) is 2. The summed E-state index contributed by atoms with van der Waals surface area (Å²) in [4.78, 5) is 16.1. The Morgan fingerprint density at radius 3 is 2.76 bits per heavy atom. The molecule has 4 nitrogen and oxygen atoms in total. The Bertz CT molecular complexity index is 485. The molecular formula is C12H15BrF3N3OS. The number of amides is 1. The van der Waals surface area contributed by atoms with Gasteiger partial charge in [-0.25, -0.2) is 4.98 Å². The minimum atomic E-state index is -4.28. The maximum absolute atomic E-state index is 12.0. The molecule has 118 valence electrons. The van der Waals surface area contributed by atoms with Gasteiger partial charge < -0.3 is 10.6 Å². The lowest BCUT2D eigenvalue weighted by Gasteiger charge is -2.11. The van der Waals surface area contributed by atoms with Crippen molar-refractivity contribution >= 4 is 39.4 Å². The lowest BCUT2D eigenvalue weighted by Crippen LogP contribution is -2.27. The number of pyridine rings is 1. The second-order valence-electron chi connectivity index (χ2n) is 4.03. The summed E-state index contributed by atoms with van der Waals surface area (Å²) >= 11 is 3.05. The van der Waals surface area contributed by atoms with E-state index >= 15 is 0 Å². The van der Waals surface area contributed by atoms with Crippen molar-refractivity contribution in [3.8, 4) is 0 Å². The summed E-state index contributed by atoms with van der Waals surface area (Å²) < 4.78 is 36.6. The topological polar surface area (TPSA) is 54.0 Å². The fourth-order valence-corrected chi connectivity index (χ4v) is 2.19. The highest BCUT2D eigenvalue weighted by atomic mass is 79.9. The number of rotatable bonds is 7. The molecule has 0 atom stereocenters. The van der Waals surface area contributed by atoms with E-state index in [1.165, 1.54) is 0 Å². The molecule has 1 aromatic rings. The number of hydrogen-bond acceptors (Lipinski definition) is 4. The Morgan fingerprint density at radius 1 is 1.43 bits per heavy atom. The zero-order valence-corrected chi connectivity index (χ0v) is 13.7. The zero-order chi connectivity index (χ0) is 15.9. The minimum absolute atomic E-state index is 0.0667. The molecule has 1 rings (SSSR count). The van der Waals surface area contributed by atoms with Crippen molar-refractivity contribution in [3.05, 3.63) is 22.3 Å². The Kier molecular flexibility index (Phi) is 7.30. The molecule has 0 aliphatic carbocycles. The maximum atomic E-state index is 12.0. The summed E-state index contributed by atoms with van der Waals surface area (Å²) in [6.45, 7) is 2.56. The first-order chi connectivity index (χ1) is 9.83. The van der Waals surface area contributed by atoms with Gasteiger partial charge in [-0.3, -0.25) is 4.79 Å². The molecule has 0 aliphatic rings. The molecule has 1 heterocycles. The van der Waals surface area contributed by atoms with E-state index < -0.39 is 11.4 Å². The molecule has 1 aromatic heterocycles. The van der Waals surface area contributed by atoms with Crippen LogP contribution in [0.5, 0.6) is 0 Å². The second kappa shape index (κ2) is 8.47. The lowest BCUT2D eigenvalue weighted by atomic mass is 10.2. The van der Waals surface area contributed by atoms with E-state index in [1.54, 1.807) is 12.3 Å². The molecule has 0 aromatic carbocycles. The van der Waals surface area contributed by atoms with Crippen LogP contribution in [0.25, 0.3) is 0 Å². The van der Waals surface area contributed by atoms with Crippen molar-refractivity contribution in [1.29, 1.82) is 0 Å². The highest BCUT2D eigenvalue weighted by Crippen LogP contribution is 2.29. The van der Waals surface area contributed by atoms with E-state index in [9.17, 15) is 18.0 Å². The van der Waals surface area contributed by atoms with Gasteiger partial charge in [-0.05, 0) is 40.2 Å². The molecular weight excluding hydrogens is 371 g/mol. The van der Waals surface area contributed by atoms with E-state index in [-0.39, 0.29) is 24.1 Å². The maximum Gasteiger partial charge on any atom is 0.441 e. The monoisotopic (exact) mass is 385 g/mol. The van der Waals surface area contributed by atoms with Crippen LogP contribution in [0.2, 0.25) is 0 Å². The third-order valence-corrected chi connectivity index (χ3v) is 3.46. The van der Waals surface area contributed by atoms with Gasteiger partial charge in [0.2, 0.25) is 0 Å². The van der Waals surface area contributed by atoms with Crippen LogP contribution in [0.15, 0.2) is 16.7 Å². The normalized spacial score (nSPS) is 11.3. The molecule has 0 aliphatic heterocycles. The van der Waals surface area contributed by atoms with Gasteiger partial charge in [0.05, 0.1) is 5.56 Å². The molecule has 0 saturated carbocycles. The summed E-state index contributed by atoms with van der Waals surface area (Å²) in [7, 11) is 0. The summed E-state index contributed by atoms with van der Waals surface area (Å²) in [5.74, 6) is -0.264. The van der Waals surface area contributed by atoms with Crippen molar-refractivity contribution in [2.75, 3.05) is 24.2 Å². The number of nitrogens with one attached hydrogen (secondary N) is 2. The van der Waals surface area contributed by atoms with Gasteiger partial charge in [-0.15, -0.1) is 0 Å². The average Bonchev–Trinajstić information content (AvgIpc) is 2.41. The smallest absolute Gasteiger partial charge is 0.369 e. The quantitative estimate of drug-likeness (QED) is 0.703. The predicted molar refractivity (Wildman–Crippen MR) is 81.6 cm³/mol. The molecule has 0 fully saturated rings. The summed E-state index contributed by atoms with van der Waals surface area (Å²) in [6.07, 6.45) is 2.41. The Labute approximate surface area is 133 Å². The summed E-state index contributed by atoms with van der Waals surface area (Å²) in [5, 5.41) is 5.46. The zero-order valence-electron chi connectivity index (χ0n) is 11.3. The molecule has 9 heteroatoms. The predicted octanol–water partition coefficient (Wildman–Crippen LogP) is 3.65. The van der Waals surface area contributed by atoms with E-state index in [0.717, 1.165) is 6.42 Å². The van der Waals surface area contributed by atoms with Crippen LogP contribution in [0.1, 0.15) is 23.7 Å². The van der Waals surface area contributed by atoms with Crippen LogP contribution in [0.3, 0.4) is 0 Å². The second-order valence-corrected chi connectivity index (χ2v) is 6.10. The van der Waals surface area contributed by atoms with Crippen molar-refractivity contribution in [1.82, 2.24) is 10.3 Å². The SMILES string of the molecule is CCCNc1ncc(Br)cc1C(=O)NCCSC(F)(F)F. The van der Waals surface area contributed by atoms with E-state index in [4.69, 9.17) is 0 Å². The van der Waals surface area contributed by atoms with Crippen molar-refractivity contribution in [2.24, 2.45) is 0 Å². The first-order valence-corrected chi connectivity index (χ1v) is 7.99. The van der Waals surface area contributed by atoms with Gasteiger partial charge >= 0.3 is 5.51 Å². The Hall–Kier alpha value is -0.960. The number of nitrogens with zero attached hydrogens (tertiary/aromatic N) is 1. The van der Waals surface area contributed by atoms with E-state index in [0.29, 0.717) is 22.4 Å². The first-order valence-electron chi connectivity index (χ1n) is 6.21. The third kappa shape index (κ3) is 7.03. The van der Waals surface area contributed by atoms with Crippen molar-refractivity contribution in [2.45, 2.75) is 18.9 Å². The van der Waals surface area contributed by atoms with Gasteiger partial charge in [0, 0.05) is 29.5 Å². The fraction of sp³-hybridized carbons (Fsp3) is 0.500. The highest BCUT2D eigenvalue weighted by Gasteiger charge is 2.27. The van der Waals surface area contributed by atoms with Crippen LogP contribution in [0.4, 0.5) is 19.0 Å². The van der Waals surface area contributed by atoms with Gasteiger partial charge in [0.1, 0.15) is 5.82 Å². The van der Waals surface area contributed by atoms with Crippen LogP contribution in [-0.2, 0) is 0 Å². The van der Waals surface area contributed by atoms with Gasteiger partial charge in [0.25, 0.3) is 5.91 Å². The van der Waals surface area contributed by atoms with Crippen LogP contribution < -0.4 is 10.6 Å². The molecule has 2 N–H and O–H groups in total. The van der Waals surface area contributed by atoms with Gasteiger partial charge in [-0.1, -0.05) is 6.92 Å². The molecule has 0 unspecified atom stereocenters. The molecule has 0 saturated heterocycles. The van der Waals surface area contributed by atoms with E-state index in [1.807, 2.05) is 6.92 Å². The largest absolute Gasteiger partial charge is 0.441 e. The Morgan fingerprint density at radius 2 is 2.14 bits per heavy atom. The number of halogens is 4. The number of aromatic nitrogens is 1. The van der Waals surface area contributed by atoms with Crippen LogP contribution >= 0.6 is 27.7 Å². The molecule has 21 heavy (non-hydrogen) atoms. The molecule has 0 spiro atoms. The highest BCUT2D eigenvalue weighted by molar-refractivity contribution is 9.10. The number of anilines is 1. The number of carbonyl (C=O) groups is 1. The van der Waals surface area contributed by atoms with Crippen LogP contribution in [0, 0.1) is 0 Å². The van der Waals surface area contributed by atoms with E-state index in [2.05, 4.69) is 31.5 Å². The molecule has 1 amide bonds. The first kappa shape index (κ1) is 18.1.